The fraction of sp³-hybridized carbons (Fsp3) is 0.562. The predicted molar refractivity (Wildman–Crippen MR) is 81.3 cm³/mol. The van der Waals surface area contributed by atoms with Crippen molar-refractivity contribution in [2.24, 2.45) is 5.73 Å². The number of piperazine rings is 1. The minimum Gasteiger partial charge on any atom is -0.326 e. The van der Waals surface area contributed by atoms with Crippen LogP contribution in [0, 0.1) is 0 Å². The number of benzene rings is 1. The van der Waals surface area contributed by atoms with Gasteiger partial charge in [0, 0.05) is 45.7 Å². The van der Waals surface area contributed by atoms with Gasteiger partial charge in [-0.25, -0.2) is 0 Å². The number of rotatable bonds is 7. The number of hydrogen-bond donors (Lipinski definition) is 1. The fourth-order valence-corrected chi connectivity index (χ4v) is 2.61. The standard InChI is InChI=1S/C16H25N3O/c17-13-15-3-5-16(6-4-15)14-19-10-8-18(9-11-19)7-1-2-12-20/h3-6,12H,1-2,7-11,13-14,17H2. The Bertz CT molecular complexity index is 397. The maximum Gasteiger partial charge on any atom is 0.120 e. The van der Waals surface area contributed by atoms with Gasteiger partial charge in [0.05, 0.1) is 0 Å². The van der Waals surface area contributed by atoms with Crippen LogP contribution >= 0.6 is 0 Å². The third-order valence-corrected chi connectivity index (χ3v) is 3.93. The van der Waals surface area contributed by atoms with E-state index in [2.05, 4.69) is 34.1 Å². The van der Waals surface area contributed by atoms with Crippen molar-refractivity contribution in [3.8, 4) is 0 Å². The highest BCUT2D eigenvalue weighted by Gasteiger charge is 2.16. The van der Waals surface area contributed by atoms with Gasteiger partial charge in [-0.05, 0) is 24.1 Å². The Morgan fingerprint density at radius 3 is 2.20 bits per heavy atom. The van der Waals surface area contributed by atoms with Crippen LogP contribution in [0.1, 0.15) is 24.0 Å². The first-order valence-corrected chi connectivity index (χ1v) is 7.48. The summed E-state index contributed by atoms with van der Waals surface area (Å²) in [5.41, 5.74) is 8.16. The van der Waals surface area contributed by atoms with Crippen molar-refractivity contribution in [1.82, 2.24) is 9.80 Å². The molecule has 1 aliphatic rings. The van der Waals surface area contributed by atoms with Crippen LogP contribution in [0.25, 0.3) is 0 Å². The lowest BCUT2D eigenvalue weighted by Gasteiger charge is -2.34. The third-order valence-electron chi connectivity index (χ3n) is 3.93. The van der Waals surface area contributed by atoms with Crippen LogP contribution in [0.2, 0.25) is 0 Å². The molecule has 1 fully saturated rings. The molecule has 0 spiro atoms. The van der Waals surface area contributed by atoms with Crippen LogP contribution in [0.5, 0.6) is 0 Å². The molecule has 1 saturated heterocycles. The lowest BCUT2D eigenvalue weighted by Crippen LogP contribution is -2.46. The minimum absolute atomic E-state index is 0.611. The van der Waals surface area contributed by atoms with E-state index in [0.717, 1.165) is 52.0 Å². The molecule has 0 aliphatic carbocycles. The number of carbonyl (C=O) groups is 1. The molecule has 1 aromatic carbocycles. The number of hydrogen-bond acceptors (Lipinski definition) is 4. The molecule has 0 bridgehead atoms. The zero-order valence-corrected chi connectivity index (χ0v) is 12.1. The summed E-state index contributed by atoms with van der Waals surface area (Å²) < 4.78 is 0. The molecule has 0 radical (unpaired) electrons. The number of nitrogens with zero attached hydrogens (tertiary/aromatic N) is 2. The van der Waals surface area contributed by atoms with Crippen LogP contribution in [-0.4, -0.2) is 48.8 Å². The van der Waals surface area contributed by atoms with Crippen LogP contribution in [0.4, 0.5) is 0 Å². The molecule has 2 rings (SSSR count). The molecule has 1 aromatic rings. The second-order valence-corrected chi connectivity index (χ2v) is 5.45. The first-order chi connectivity index (χ1) is 9.81. The van der Waals surface area contributed by atoms with Crippen LogP contribution in [0.15, 0.2) is 24.3 Å². The zero-order chi connectivity index (χ0) is 14.2. The monoisotopic (exact) mass is 275 g/mol. The molecule has 0 amide bonds. The average molecular weight is 275 g/mol. The molecule has 1 heterocycles. The van der Waals surface area contributed by atoms with Crippen molar-refractivity contribution >= 4 is 6.29 Å². The second kappa shape index (κ2) is 8.15. The van der Waals surface area contributed by atoms with Gasteiger partial charge in [-0.1, -0.05) is 24.3 Å². The Labute approximate surface area is 121 Å². The van der Waals surface area contributed by atoms with Crippen molar-refractivity contribution in [2.45, 2.75) is 25.9 Å². The maximum atomic E-state index is 10.3. The van der Waals surface area contributed by atoms with Gasteiger partial charge in [0.1, 0.15) is 6.29 Å². The van der Waals surface area contributed by atoms with E-state index >= 15 is 0 Å². The number of nitrogens with two attached hydrogens (primary N) is 1. The number of aldehydes is 1. The summed E-state index contributed by atoms with van der Waals surface area (Å²) in [4.78, 5) is 15.3. The Kier molecular flexibility index (Phi) is 6.18. The zero-order valence-electron chi connectivity index (χ0n) is 12.1. The Morgan fingerprint density at radius 1 is 1.00 bits per heavy atom. The van der Waals surface area contributed by atoms with Gasteiger partial charge in [0.2, 0.25) is 0 Å². The van der Waals surface area contributed by atoms with Gasteiger partial charge in [-0.15, -0.1) is 0 Å². The molecule has 0 unspecified atom stereocenters. The second-order valence-electron chi connectivity index (χ2n) is 5.45. The lowest BCUT2D eigenvalue weighted by atomic mass is 10.1. The molecule has 2 N–H and O–H groups in total. The summed E-state index contributed by atoms with van der Waals surface area (Å²) in [5.74, 6) is 0. The van der Waals surface area contributed by atoms with E-state index in [0.29, 0.717) is 13.0 Å². The topological polar surface area (TPSA) is 49.6 Å². The van der Waals surface area contributed by atoms with Crippen molar-refractivity contribution in [3.05, 3.63) is 35.4 Å². The molecule has 0 atom stereocenters. The average Bonchev–Trinajstić information content (AvgIpc) is 2.50. The third kappa shape index (κ3) is 4.71. The summed E-state index contributed by atoms with van der Waals surface area (Å²) in [6, 6.07) is 8.59. The maximum absolute atomic E-state index is 10.3. The first kappa shape index (κ1) is 15.2. The van der Waals surface area contributed by atoms with Crippen LogP contribution < -0.4 is 5.73 Å². The number of unbranched alkanes of at least 4 members (excludes halogenated alkanes) is 1. The Hall–Kier alpha value is -1.23. The van der Waals surface area contributed by atoms with E-state index < -0.39 is 0 Å². The predicted octanol–water partition coefficient (Wildman–Crippen LogP) is 1.24. The van der Waals surface area contributed by atoms with Crippen LogP contribution in [0.3, 0.4) is 0 Å². The molecule has 110 valence electrons. The molecule has 4 heteroatoms. The fourth-order valence-electron chi connectivity index (χ4n) is 2.61. The largest absolute Gasteiger partial charge is 0.326 e. The van der Waals surface area contributed by atoms with E-state index in [9.17, 15) is 4.79 Å². The Morgan fingerprint density at radius 2 is 1.60 bits per heavy atom. The van der Waals surface area contributed by atoms with E-state index in [-0.39, 0.29) is 0 Å². The van der Waals surface area contributed by atoms with E-state index in [1.165, 1.54) is 11.1 Å². The highest BCUT2D eigenvalue weighted by atomic mass is 16.1. The normalized spacial score (nSPS) is 17.2. The van der Waals surface area contributed by atoms with E-state index in [4.69, 9.17) is 5.73 Å². The smallest absolute Gasteiger partial charge is 0.120 e. The SMILES string of the molecule is NCc1ccc(CN2CCN(CCCC=O)CC2)cc1. The van der Waals surface area contributed by atoms with Crippen molar-refractivity contribution < 1.29 is 4.79 Å². The highest BCUT2D eigenvalue weighted by molar-refractivity contribution is 5.49. The molecule has 0 aromatic heterocycles. The van der Waals surface area contributed by atoms with Gasteiger partial charge in [0.25, 0.3) is 0 Å². The van der Waals surface area contributed by atoms with Gasteiger partial charge in [-0.3, -0.25) is 4.90 Å². The lowest BCUT2D eigenvalue weighted by molar-refractivity contribution is -0.108. The Balaban J connectivity index is 1.72. The van der Waals surface area contributed by atoms with E-state index in [1.54, 1.807) is 0 Å². The summed E-state index contributed by atoms with van der Waals surface area (Å²) >= 11 is 0. The molecular formula is C16H25N3O. The minimum atomic E-state index is 0.611. The summed E-state index contributed by atoms with van der Waals surface area (Å²) in [6.45, 7) is 7.13. The van der Waals surface area contributed by atoms with Gasteiger partial charge in [-0.2, -0.15) is 0 Å². The quantitative estimate of drug-likeness (QED) is 0.601. The molecular weight excluding hydrogens is 250 g/mol. The van der Waals surface area contributed by atoms with Crippen molar-refractivity contribution in [1.29, 1.82) is 0 Å². The summed E-state index contributed by atoms with van der Waals surface area (Å²) in [6.07, 6.45) is 2.69. The van der Waals surface area contributed by atoms with Gasteiger partial charge < -0.3 is 15.4 Å². The highest BCUT2D eigenvalue weighted by Crippen LogP contribution is 2.10. The molecule has 1 aliphatic heterocycles. The number of carbonyl (C=O) groups excluding carboxylic acids is 1. The molecule has 20 heavy (non-hydrogen) atoms. The molecule has 4 nitrogen and oxygen atoms in total. The van der Waals surface area contributed by atoms with Crippen molar-refractivity contribution in [2.75, 3.05) is 32.7 Å². The van der Waals surface area contributed by atoms with Crippen LogP contribution in [-0.2, 0) is 17.9 Å². The van der Waals surface area contributed by atoms with Crippen molar-refractivity contribution in [3.63, 3.8) is 0 Å². The van der Waals surface area contributed by atoms with Gasteiger partial charge >= 0.3 is 0 Å². The van der Waals surface area contributed by atoms with E-state index in [1.807, 2.05) is 0 Å². The molecule has 0 saturated carbocycles. The summed E-state index contributed by atoms with van der Waals surface area (Å²) in [5, 5.41) is 0. The van der Waals surface area contributed by atoms with Gasteiger partial charge in [0.15, 0.2) is 0 Å². The summed E-state index contributed by atoms with van der Waals surface area (Å²) in [7, 11) is 0. The first-order valence-electron chi connectivity index (χ1n) is 7.48.